The first-order valence-corrected chi connectivity index (χ1v) is 9.95. The highest BCUT2D eigenvalue weighted by atomic mass is 16.5. The summed E-state index contributed by atoms with van der Waals surface area (Å²) in [5.41, 5.74) is 1.41. The van der Waals surface area contributed by atoms with E-state index in [9.17, 15) is 14.7 Å². The van der Waals surface area contributed by atoms with Crippen LogP contribution in [0.4, 0.5) is 0 Å². The Balaban J connectivity index is 1.39. The number of nitrogens with one attached hydrogen (secondary N) is 1. The monoisotopic (exact) mass is 405 g/mol. The number of carboxylic acids is 1. The standard InChI is InChI=1S/C23H23N3O4/c27-22(16-8-10-20(11-9-16)30-19-6-2-1-3-7-19)17-5-4-12-26(14-17)15-18-13-24-25-21(18)23(28)29/h1-3,6-11,13,17H,4-5,12,14-15H2,(H,24,25)(H,28,29). The molecule has 1 saturated heterocycles. The van der Waals surface area contributed by atoms with Gasteiger partial charge in [0.2, 0.25) is 0 Å². The van der Waals surface area contributed by atoms with Gasteiger partial charge in [-0.2, -0.15) is 5.10 Å². The van der Waals surface area contributed by atoms with Gasteiger partial charge in [0.05, 0.1) is 6.20 Å². The van der Waals surface area contributed by atoms with Gasteiger partial charge in [0.1, 0.15) is 17.2 Å². The third-order valence-electron chi connectivity index (χ3n) is 5.32. The van der Waals surface area contributed by atoms with E-state index in [0.717, 1.165) is 25.1 Å². The lowest BCUT2D eigenvalue weighted by Gasteiger charge is -2.31. The van der Waals surface area contributed by atoms with Gasteiger partial charge < -0.3 is 9.84 Å². The largest absolute Gasteiger partial charge is 0.477 e. The van der Waals surface area contributed by atoms with Crippen LogP contribution in [0.25, 0.3) is 0 Å². The van der Waals surface area contributed by atoms with Crippen LogP contribution in [-0.4, -0.2) is 45.0 Å². The van der Waals surface area contributed by atoms with Crippen molar-refractivity contribution in [3.63, 3.8) is 0 Å². The molecule has 7 heteroatoms. The Bertz CT molecular complexity index is 1010. The molecule has 3 aromatic rings. The number of likely N-dealkylation sites (tertiary alicyclic amines) is 1. The van der Waals surface area contributed by atoms with Gasteiger partial charge in [-0.3, -0.25) is 14.8 Å². The second kappa shape index (κ2) is 8.92. The molecule has 0 amide bonds. The number of nitrogens with zero attached hydrogens (tertiary/aromatic N) is 2. The lowest BCUT2D eigenvalue weighted by atomic mass is 9.90. The zero-order chi connectivity index (χ0) is 20.9. The van der Waals surface area contributed by atoms with E-state index >= 15 is 0 Å². The molecule has 0 bridgehead atoms. The Hall–Kier alpha value is -3.45. The van der Waals surface area contributed by atoms with Gasteiger partial charge in [-0.25, -0.2) is 4.79 Å². The Labute approximate surface area is 174 Å². The highest BCUT2D eigenvalue weighted by Gasteiger charge is 2.27. The predicted molar refractivity (Wildman–Crippen MR) is 111 cm³/mol. The van der Waals surface area contributed by atoms with Crippen LogP contribution in [0, 0.1) is 5.92 Å². The molecule has 2 N–H and O–H groups in total. The normalized spacial score (nSPS) is 16.9. The molecule has 2 heterocycles. The molecule has 1 unspecified atom stereocenters. The first kappa shape index (κ1) is 19.8. The van der Waals surface area contributed by atoms with Gasteiger partial charge in [-0.05, 0) is 55.8 Å². The SMILES string of the molecule is O=C(O)c1[nH]ncc1CN1CCCC(C(=O)c2ccc(Oc3ccccc3)cc2)C1. The lowest BCUT2D eigenvalue weighted by Crippen LogP contribution is -2.38. The average molecular weight is 405 g/mol. The summed E-state index contributed by atoms with van der Waals surface area (Å²) in [5, 5.41) is 15.6. The molecule has 1 atom stereocenters. The minimum absolute atomic E-state index is 0.108. The molecule has 1 aromatic heterocycles. The number of carbonyl (C=O) groups excluding carboxylic acids is 1. The zero-order valence-corrected chi connectivity index (χ0v) is 16.5. The van der Waals surface area contributed by atoms with E-state index in [1.165, 1.54) is 0 Å². The van der Waals surface area contributed by atoms with Gasteiger partial charge in [0, 0.05) is 30.1 Å². The molecular weight excluding hydrogens is 382 g/mol. The number of aromatic amines is 1. The van der Waals surface area contributed by atoms with Crippen molar-refractivity contribution in [3.05, 3.63) is 77.6 Å². The summed E-state index contributed by atoms with van der Waals surface area (Å²) >= 11 is 0. The number of aromatic nitrogens is 2. The molecule has 0 spiro atoms. The van der Waals surface area contributed by atoms with Crippen molar-refractivity contribution in [1.29, 1.82) is 0 Å². The van der Waals surface area contributed by atoms with Crippen molar-refractivity contribution < 1.29 is 19.4 Å². The van der Waals surface area contributed by atoms with Crippen LogP contribution in [0.1, 0.15) is 39.3 Å². The Kier molecular flexibility index (Phi) is 5.90. The third kappa shape index (κ3) is 4.58. The molecule has 154 valence electrons. The smallest absolute Gasteiger partial charge is 0.354 e. The van der Waals surface area contributed by atoms with Gasteiger partial charge in [0.25, 0.3) is 0 Å². The van der Waals surface area contributed by atoms with Crippen molar-refractivity contribution >= 4 is 11.8 Å². The first-order valence-electron chi connectivity index (χ1n) is 9.95. The second-order valence-corrected chi connectivity index (χ2v) is 7.45. The highest BCUT2D eigenvalue weighted by Crippen LogP contribution is 2.25. The first-order chi connectivity index (χ1) is 14.6. The summed E-state index contributed by atoms with van der Waals surface area (Å²) in [5.74, 6) is 0.407. The predicted octanol–water partition coefficient (Wildman–Crippen LogP) is 4.00. The number of Topliss-reactive ketones (excluding diaryl/α,β-unsaturated/α-hetero) is 1. The van der Waals surface area contributed by atoms with E-state index in [2.05, 4.69) is 15.1 Å². The number of ether oxygens (including phenoxy) is 1. The summed E-state index contributed by atoms with van der Waals surface area (Å²) in [4.78, 5) is 26.4. The number of benzene rings is 2. The van der Waals surface area contributed by atoms with Crippen LogP contribution >= 0.6 is 0 Å². The molecular formula is C23H23N3O4. The second-order valence-electron chi connectivity index (χ2n) is 7.45. The highest BCUT2D eigenvalue weighted by molar-refractivity contribution is 5.98. The summed E-state index contributed by atoms with van der Waals surface area (Å²) < 4.78 is 5.79. The fourth-order valence-electron chi connectivity index (χ4n) is 3.82. The number of ketones is 1. The van der Waals surface area contributed by atoms with Gasteiger partial charge in [-0.1, -0.05) is 18.2 Å². The summed E-state index contributed by atoms with van der Waals surface area (Å²) in [7, 11) is 0. The van der Waals surface area contributed by atoms with Gasteiger partial charge >= 0.3 is 5.97 Å². The molecule has 1 aliphatic rings. The van der Waals surface area contributed by atoms with Crippen molar-refractivity contribution in [2.45, 2.75) is 19.4 Å². The molecule has 0 saturated carbocycles. The van der Waals surface area contributed by atoms with Gasteiger partial charge in [-0.15, -0.1) is 0 Å². The molecule has 0 aliphatic carbocycles. The van der Waals surface area contributed by atoms with E-state index < -0.39 is 5.97 Å². The molecule has 1 fully saturated rings. The summed E-state index contributed by atoms with van der Waals surface area (Å²) in [6, 6.07) is 16.7. The van der Waals surface area contributed by atoms with E-state index in [-0.39, 0.29) is 17.4 Å². The van der Waals surface area contributed by atoms with Crippen LogP contribution in [0.5, 0.6) is 11.5 Å². The number of para-hydroxylation sites is 1. The minimum Gasteiger partial charge on any atom is -0.477 e. The van der Waals surface area contributed by atoms with Crippen LogP contribution in [0.3, 0.4) is 0 Å². The Morgan fingerprint density at radius 2 is 1.83 bits per heavy atom. The lowest BCUT2D eigenvalue weighted by molar-refractivity contribution is 0.0683. The maximum atomic E-state index is 13.0. The van der Waals surface area contributed by atoms with E-state index in [4.69, 9.17) is 4.74 Å². The van der Waals surface area contributed by atoms with Gasteiger partial charge in [0.15, 0.2) is 5.78 Å². The Morgan fingerprint density at radius 1 is 1.10 bits per heavy atom. The van der Waals surface area contributed by atoms with Crippen LogP contribution in [-0.2, 0) is 6.54 Å². The molecule has 0 radical (unpaired) electrons. The summed E-state index contributed by atoms with van der Waals surface area (Å²) in [6.07, 6.45) is 3.26. The Morgan fingerprint density at radius 3 is 2.57 bits per heavy atom. The maximum absolute atomic E-state index is 13.0. The van der Waals surface area contributed by atoms with Crippen molar-refractivity contribution in [1.82, 2.24) is 15.1 Å². The van der Waals surface area contributed by atoms with Crippen LogP contribution in [0.15, 0.2) is 60.8 Å². The fourth-order valence-corrected chi connectivity index (χ4v) is 3.82. The number of H-pyrrole nitrogens is 1. The van der Waals surface area contributed by atoms with E-state index in [0.29, 0.717) is 30.0 Å². The topological polar surface area (TPSA) is 95.5 Å². The number of piperidine rings is 1. The van der Waals surface area contributed by atoms with Crippen molar-refractivity contribution in [3.8, 4) is 11.5 Å². The molecule has 7 nitrogen and oxygen atoms in total. The van der Waals surface area contributed by atoms with Crippen LogP contribution in [0.2, 0.25) is 0 Å². The number of hydrogen-bond donors (Lipinski definition) is 2. The van der Waals surface area contributed by atoms with E-state index in [1.54, 1.807) is 18.3 Å². The maximum Gasteiger partial charge on any atom is 0.354 e. The molecule has 1 aliphatic heterocycles. The number of carbonyl (C=O) groups is 2. The molecule has 30 heavy (non-hydrogen) atoms. The number of carboxylic acid groups (broad SMARTS) is 1. The molecule has 4 rings (SSSR count). The number of rotatable bonds is 7. The summed E-state index contributed by atoms with van der Waals surface area (Å²) in [6.45, 7) is 1.90. The third-order valence-corrected chi connectivity index (χ3v) is 5.32. The van der Waals surface area contributed by atoms with Crippen molar-refractivity contribution in [2.24, 2.45) is 5.92 Å². The molecule has 2 aromatic carbocycles. The minimum atomic E-state index is -1.02. The average Bonchev–Trinajstić information content (AvgIpc) is 3.23. The number of aromatic carboxylic acids is 1. The quantitative estimate of drug-likeness (QED) is 0.577. The fraction of sp³-hybridized carbons (Fsp3) is 0.261. The van der Waals surface area contributed by atoms with Crippen molar-refractivity contribution in [2.75, 3.05) is 13.1 Å². The van der Waals surface area contributed by atoms with E-state index in [1.807, 2.05) is 42.5 Å². The zero-order valence-electron chi connectivity index (χ0n) is 16.5. The van der Waals surface area contributed by atoms with Crippen LogP contribution < -0.4 is 4.74 Å². The number of hydrogen-bond acceptors (Lipinski definition) is 5.